The van der Waals surface area contributed by atoms with Crippen LogP contribution in [0.4, 0.5) is 0 Å². The maximum atomic E-state index is 12.4. The Hall–Kier alpha value is -3.03. The van der Waals surface area contributed by atoms with Crippen molar-refractivity contribution in [1.29, 1.82) is 0 Å². The molecule has 1 aliphatic heterocycles. The van der Waals surface area contributed by atoms with Crippen LogP contribution in [-0.4, -0.2) is 31.4 Å². The van der Waals surface area contributed by atoms with E-state index < -0.39 is 5.69 Å². The third-order valence-electron chi connectivity index (χ3n) is 4.40. The Balaban J connectivity index is 1.61. The van der Waals surface area contributed by atoms with Crippen LogP contribution in [0.25, 0.3) is 11.2 Å². The summed E-state index contributed by atoms with van der Waals surface area (Å²) in [6, 6.07) is 8.12. The van der Waals surface area contributed by atoms with Gasteiger partial charge in [0, 0.05) is 14.1 Å². The summed E-state index contributed by atoms with van der Waals surface area (Å²) >= 11 is 0. The molecule has 0 radical (unpaired) electrons. The first-order valence-corrected chi connectivity index (χ1v) is 7.98. The smallest absolute Gasteiger partial charge is 0.332 e. The summed E-state index contributed by atoms with van der Waals surface area (Å²) in [5, 5.41) is 0. The van der Waals surface area contributed by atoms with Crippen molar-refractivity contribution in [3.05, 3.63) is 50.7 Å². The molecule has 1 aliphatic rings. The van der Waals surface area contributed by atoms with E-state index in [2.05, 4.69) is 4.98 Å². The highest BCUT2D eigenvalue weighted by molar-refractivity contribution is 5.72. The highest BCUT2D eigenvalue weighted by atomic mass is 16.6. The molecule has 2 aromatic heterocycles. The third-order valence-corrected chi connectivity index (χ3v) is 4.40. The maximum absolute atomic E-state index is 12.4. The first kappa shape index (κ1) is 15.5. The van der Waals surface area contributed by atoms with Gasteiger partial charge >= 0.3 is 5.69 Å². The van der Waals surface area contributed by atoms with Crippen molar-refractivity contribution in [1.82, 2.24) is 18.7 Å². The Labute approximate surface area is 142 Å². The van der Waals surface area contributed by atoms with Crippen molar-refractivity contribution < 1.29 is 9.47 Å². The Morgan fingerprint density at radius 1 is 1.28 bits per heavy atom. The van der Waals surface area contributed by atoms with Crippen LogP contribution in [0.15, 0.2) is 33.9 Å². The molecule has 0 aliphatic carbocycles. The van der Waals surface area contributed by atoms with Crippen LogP contribution in [0.2, 0.25) is 0 Å². The van der Waals surface area contributed by atoms with Crippen LogP contribution >= 0.6 is 0 Å². The summed E-state index contributed by atoms with van der Waals surface area (Å²) in [5.74, 6) is 0.774. The number of rotatable bonds is 3. The number of ether oxygens (including phenoxy) is 2. The summed E-state index contributed by atoms with van der Waals surface area (Å²) in [6.45, 7) is 2.80. The SMILES string of the molecule is Cc1cccc(OCC2Cn3c(nc4c3c(=O)n(C)c(=O)n4C)O2)c1. The van der Waals surface area contributed by atoms with Crippen molar-refractivity contribution in [3.63, 3.8) is 0 Å². The van der Waals surface area contributed by atoms with Crippen LogP contribution in [0.5, 0.6) is 11.8 Å². The van der Waals surface area contributed by atoms with Gasteiger partial charge in [-0.2, -0.15) is 4.98 Å². The first-order chi connectivity index (χ1) is 12.0. The van der Waals surface area contributed by atoms with E-state index >= 15 is 0 Å². The van der Waals surface area contributed by atoms with E-state index in [-0.39, 0.29) is 11.7 Å². The monoisotopic (exact) mass is 342 g/mol. The molecule has 8 heteroatoms. The standard InChI is InChI=1S/C17H18N4O4/c1-10-5-4-6-11(7-10)24-9-12-8-21-13-14(18-16(21)25-12)19(2)17(23)20(3)15(13)22/h4-7,12H,8-9H2,1-3H3. The summed E-state index contributed by atoms with van der Waals surface area (Å²) in [5.41, 5.74) is 1.04. The molecule has 3 heterocycles. The average molecular weight is 342 g/mol. The fraction of sp³-hybridized carbons (Fsp3) is 0.353. The number of imidazole rings is 1. The number of benzene rings is 1. The molecule has 1 unspecified atom stereocenters. The predicted molar refractivity (Wildman–Crippen MR) is 91.3 cm³/mol. The van der Waals surface area contributed by atoms with Crippen LogP contribution in [0.3, 0.4) is 0 Å². The van der Waals surface area contributed by atoms with Crippen LogP contribution in [0, 0.1) is 6.92 Å². The molecule has 130 valence electrons. The molecule has 3 aromatic rings. The number of nitrogens with zero attached hydrogens (tertiary/aromatic N) is 4. The van der Waals surface area contributed by atoms with Crippen molar-refractivity contribution in [3.8, 4) is 11.8 Å². The lowest BCUT2D eigenvalue weighted by Gasteiger charge is -2.12. The van der Waals surface area contributed by atoms with Gasteiger partial charge in [-0.05, 0) is 24.6 Å². The fourth-order valence-electron chi connectivity index (χ4n) is 3.06. The Morgan fingerprint density at radius 2 is 2.08 bits per heavy atom. The molecular formula is C17H18N4O4. The van der Waals surface area contributed by atoms with Crippen LogP contribution in [-0.2, 0) is 20.6 Å². The largest absolute Gasteiger partial charge is 0.490 e. The second kappa shape index (κ2) is 5.51. The second-order valence-electron chi connectivity index (χ2n) is 6.25. The summed E-state index contributed by atoms with van der Waals surface area (Å²) in [7, 11) is 3.05. The molecule has 0 bridgehead atoms. The number of fused-ring (bicyclic) bond motifs is 3. The average Bonchev–Trinajstić information content (AvgIpc) is 3.13. The zero-order valence-corrected chi connectivity index (χ0v) is 14.2. The quantitative estimate of drug-likeness (QED) is 0.696. The van der Waals surface area contributed by atoms with E-state index in [1.165, 1.54) is 11.6 Å². The van der Waals surface area contributed by atoms with E-state index in [0.717, 1.165) is 15.9 Å². The Morgan fingerprint density at radius 3 is 2.84 bits per heavy atom. The van der Waals surface area contributed by atoms with E-state index in [1.54, 1.807) is 11.6 Å². The number of aromatic nitrogens is 4. The van der Waals surface area contributed by atoms with Gasteiger partial charge in [-0.1, -0.05) is 12.1 Å². The summed E-state index contributed by atoms with van der Waals surface area (Å²) in [6.07, 6.45) is -0.241. The molecule has 4 rings (SSSR count). The van der Waals surface area contributed by atoms with Gasteiger partial charge in [-0.15, -0.1) is 0 Å². The van der Waals surface area contributed by atoms with Gasteiger partial charge in [-0.3, -0.25) is 18.5 Å². The molecule has 0 N–H and O–H groups in total. The van der Waals surface area contributed by atoms with Gasteiger partial charge < -0.3 is 9.47 Å². The Kier molecular flexibility index (Phi) is 3.41. The summed E-state index contributed by atoms with van der Waals surface area (Å²) in [4.78, 5) is 28.8. The minimum atomic E-state index is -0.409. The molecule has 0 fully saturated rings. The molecule has 0 spiro atoms. The van der Waals surface area contributed by atoms with Crippen molar-refractivity contribution >= 4 is 11.2 Å². The molecule has 1 atom stereocenters. The predicted octanol–water partition coefficient (Wildman–Crippen LogP) is 0.582. The van der Waals surface area contributed by atoms with Crippen LogP contribution in [0.1, 0.15) is 5.56 Å². The van der Waals surface area contributed by atoms with Gasteiger partial charge in [0.1, 0.15) is 12.4 Å². The van der Waals surface area contributed by atoms with Crippen LogP contribution < -0.4 is 20.7 Å². The van der Waals surface area contributed by atoms with Crippen molar-refractivity contribution in [2.24, 2.45) is 14.1 Å². The van der Waals surface area contributed by atoms with Gasteiger partial charge in [0.05, 0.1) is 6.54 Å². The highest BCUT2D eigenvalue weighted by Gasteiger charge is 2.30. The highest BCUT2D eigenvalue weighted by Crippen LogP contribution is 2.25. The molecule has 25 heavy (non-hydrogen) atoms. The minimum Gasteiger partial charge on any atom is -0.490 e. The van der Waals surface area contributed by atoms with E-state index in [0.29, 0.717) is 30.3 Å². The van der Waals surface area contributed by atoms with Gasteiger partial charge in [0.2, 0.25) is 0 Å². The lowest BCUT2D eigenvalue weighted by molar-refractivity contribution is 0.144. The number of hydrogen-bond donors (Lipinski definition) is 0. The topological polar surface area (TPSA) is 80.3 Å². The summed E-state index contributed by atoms with van der Waals surface area (Å²) < 4.78 is 15.7. The molecule has 1 aromatic carbocycles. The number of aryl methyl sites for hydroxylation is 2. The van der Waals surface area contributed by atoms with Gasteiger partial charge in [0.15, 0.2) is 17.3 Å². The molecule has 0 amide bonds. The van der Waals surface area contributed by atoms with Gasteiger partial charge in [-0.25, -0.2) is 4.79 Å². The molecule has 0 saturated carbocycles. The zero-order valence-electron chi connectivity index (χ0n) is 14.2. The van der Waals surface area contributed by atoms with Crippen molar-refractivity contribution in [2.75, 3.05) is 6.61 Å². The Bertz CT molecular complexity index is 1090. The second-order valence-corrected chi connectivity index (χ2v) is 6.25. The van der Waals surface area contributed by atoms with E-state index in [9.17, 15) is 9.59 Å². The lowest BCUT2D eigenvalue weighted by Crippen LogP contribution is -2.37. The van der Waals surface area contributed by atoms with Crippen molar-refractivity contribution in [2.45, 2.75) is 19.6 Å². The molecule has 8 nitrogen and oxygen atoms in total. The number of hydrogen-bond acceptors (Lipinski definition) is 5. The maximum Gasteiger partial charge on any atom is 0.332 e. The third kappa shape index (κ3) is 2.41. The van der Waals surface area contributed by atoms with E-state index in [1.807, 2.05) is 31.2 Å². The molecular weight excluding hydrogens is 324 g/mol. The normalized spacial score (nSPS) is 16.0. The van der Waals surface area contributed by atoms with E-state index in [4.69, 9.17) is 9.47 Å². The van der Waals surface area contributed by atoms with Gasteiger partial charge in [0.25, 0.3) is 11.6 Å². The molecule has 0 saturated heterocycles. The first-order valence-electron chi connectivity index (χ1n) is 7.98. The zero-order chi connectivity index (χ0) is 17.7. The fourth-order valence-corrected chi connectivity index (χ4v) is 3.06. The minimum absolute atomic E-state index is 0.241. The lowest BCUT2D eigenvalue weighted by atomic mass is 10.2.